The monoisotopic (exact) mass is 203 g/mol. The molecule has 1 unspecified atom stereocenters. The number of nitrogens with one attached hydrogen (secondary N) is 1. The summed E-state index contributed by atoms with van der Waals surface area (Å²) in [6.45, 7) is 7.81. The van der Waals surface area contributed by atoms with Crippen LogP contribution in [0.25, 0.3) is 0 Å². The summed E-state index contributed by atoms with van der Waals surface area (Å²) in [4.78, 5) is 0. The van der Waals surface area contributed by atoms with E-state index < -0.39 is 0 Å². The Balaban J connectivity index is 2.25. The second-order valence-corrected chi connectivity index (χ2v) is 4.77. The van der Waals surface area contributed by atoms with Gasteiger partial charge in [0.05, 0.1) is 0 Å². The highest BCUT2D eigenvalue weighted by Gasteiger charge is 2.22. The van der Waals surface area contributed by atoms with Crippen molar-refractivity contribution in [3.63, 3.8) is 0 Å². The quantitative estimate of drug-likeness (QED) is 0.783. The Morgan fingerprint density at radius 3 is 2.87 bits per heavy atom. The Bertz CT molecular complexity index is 355. The number of unbranched alkanes of at least 4 members (excludes halogenated alkanes) is 1. The van der Waals surface area contributed by atoms with Crippen LogP contribution in [-0.2, 0) is 0 Å². The van der Waals surface area contributed by atoms with E-state index >= 15 is 0 Å². The minimum Gasteiger partial charge on any atom is -0.384 e. The summed E-state index contributed by atoms with van der Waals surface area (Å²) in [7, 11) is 0. The summed E-state index contributed by atoms with van der Waals surface area (Å²) in [5.41, 5.74) is 5.77. The van der Waals surface area contributed by atoms with Gasteiger partial charge in [0.15, 0.2) is 0 Å². The molecule has 0 saturated heterocycles. The van der Waals surface area contributed by atoms with Crippen molar-refractivity contribution in [3.05, 3.63) is 28.8 Å². The van der Waals surface area contributed by atoms with Crippen LogP contribution in [0.5, 0.6) is 0 Å². The Kier molecular flexibility index (Phi) is 2.99. The molecular weight excluding hydrogens is 182 g/mol. The van der Waals surface area contributed by atoms with Gasteiger partial charge in [-0.1, -0.05) is 37.5 Å². The predicted octanol–water partition coefficient (Wildman–Crippen LogP) is 4.00. The Morgan fingerprint density at radius 1 is 1.33 bits per heavy atom. The highest BCUT2D eigenvalue weighted by atomic mass is 14.9. The van der Waals surface area contributed by atoms with Crippen molar-refractivity contribution in [2.24, 2.45) is 0 Å². The molecule has 15 heavy (non-hydrogen) atoms. The van der Waals surface area contributed by atoms with Crippen LogP contribution in [0.4, 0.5) is 5.69 Å². The van der Waals surface area contributed by atoms with Crippen molar-refractivity contribution >= 4 is 5.69 Å². The summed E-state index contributed by atoms with van der Waals surface area (Å²) < 4.78 is 0. The van der Waals surface area contributed by atoms with E-state index in [-0.39, 0.29) is 0 Å². The van der Waals surface area contributed by atoms with Gasteiger partial charge in [-0.25, -0.2) is 0 Å². The molecule has 1 aliphatic heterocycles. The first-order valence-electron chi connectivity index (χ1n) is 6.07. The molecule has 1 aromatic carbocycles. The molecule has 0 saturated carbocycles. The highest BCUT2D eigenvalue weighted by Crippen LogP contribution is 2.37. The van der Waals surface area contributed by atoms with Gasteiger partial charge in [0.25, 0.3) is 0 Å². The van der Waals surface area contributed by atoms with E-state index in [1.54, 1.807) is 5.56 Å². The topological polar surface area (TPSA) is 12.0 Å². The van der Waals surface area contributed by atoms with Crippen LogP contribution in [0.3, 0.4) is 0 Å². The van der Waals surface area contributed by atoms with Crippen LogP contribution in [0.1, 0.15) is 48.8 Å². The number of anilines is 1. The molecular formula is C14H21N. The SMILES string of the molecule is CCCCC1CNc2c(C)cc(C)cc21. The van der Waals surface area contributed by atoms with Gasteiger partial charge < -0.3 is 5.32 Å². The molecule has 1 aromatic rings. The van der Waals surface area contributed by atoms with Crippen molar-refractivity contribution in [1.82, 2.24) is 0 Å². The average molecular weight is 203 g/mol. The van der Waals surface area contributed by atoms with Crippen molar-refractivity contribution < 1.29 is 0 Å². The molecule has 0 aliphatic carbocycles. The number of rotatable bonds is 3. The molecule has 1 nitrogen and oxygen atoms in total. The Labute approximate surface area is 92.9 Å². The molecule has 2 rings (SSSR count). The molecule has 1 N–H and O–H groups in total. The van der Waals surface area contributed by atoms with Crippen molar-refractivity contribution in [2.45, 2.75) is 46.0 Å². The van der Waals surface area contributed by atoms with Crippen molar-refractivity contribution in [1.29, 1.82) is 0 Å². The molecule has 0 bridgehead atoms. The fourth-order valence-corrected chi connectivity index (χ4v) is 2.61. The van der Waals surface area contributed by atoms with E-state index in [0.717, 1.165) is 12.5 Å². The summed E-state index contributed by atoms with van der Waals surface area (Å²) in [6.07, 6.45) is 3.98. The molecule has 0 aromatic heterocycles. The zero-order valence-electron chi connectivity index (χ0n) is 10.1. The van der Waals surface area contributed by atoms with Gasteiger partial charge in [-0.2, -0.15) is 0 Å². The van der Waals surface area contributed by atoms with Crippen LogP contribution < -0.4 is 5.32 Å². The first-order chi connectivity index (χ1) is 7.22. The van der Waals surface area contributed by atoms with E-state index in [2.05, 4.69) is 38.2 Å². The minimum atomic E-state index is 0.749. The third-order valence-electron chi connectivity index (χ3n) is 3.38. The van der Waals surface area contributed by atoms with Crippen LogP contribution in [0.2, 0.25) is 0 Å². The molecule has 0 amide bonds. The van der Waals surface area contributed by atoms with Crippen molar-refractivity contribution in [2.75, 3.05) is 11.9 Å². The maximum absolute atomic E-state index is 3.55. The van der Waals surface area contributed by atoms with E-state index in [1.165, 1.54) is 36.1 Å². The average Bonchev–Trinajstić information content (AvgIpc) is 2.58. The molecule has 0 radical (unpaired) electrons. The zero-order valence-corrected chi connectivity index (χ0v) is 10.1. The van der Waals surface area contributed by atoms with Crippen molar-refractivity contribution in [3.8, 4) is 0 Å². The first kappa shape index (κ1) is 10.5. The number of aryl methyl sites for hydroxylation is 2. The number of benzene rings is 1. The molecule has 1 atom stereocenters. The summed E-state index contributed by atoms with van der Waals surface area (Å²) in [6, 6.07) is 4.64. The van der Waals surface area contributed by atoms with E-state index in [4.69, 9.17) is 0 Å². The largest absolute Gasteiger partial charge is 0.384 e. The molecule has 1 heterocycles. The smallest absolute Gasteiger partial charge is 0.0406 e. The molecule has 82 valence electrons. The van der Waals surface area contributed by atoms with Crippen LogP contribution in [0, 0.1) is 13.8 Å². The Hall–Kier alpha value is -0.980. The number of hydrogen-bond donors (Lipinski definition) is 1. The first-order valence-corrected chi connectivity index (χ1v) is 6.07. The highest BCUT2D eigenvalue weighted by molar-refractivity contribution is 5.63. The summed E-state index contributed by atoms with van der Waals surface area (Å²) >= 11 is 0. The molecule has 1 aliphatic rings. The number of fused-ring (bicyclic) bond motifs is 1. The predicted molar refractivity (Wildman–Crippen MR) is 66.7 cm³/mol. The molecule has 0 fully saturated rings. The normalized spacial score (nSPS) is 18.7. The minimum absolute atomic E-state index is 0.749. The lowest BCUT2D eigenvalue weighted by Crippen LogP contribution is -2.01. The fraction of sp³-hybridized carbons (Fsp3) is 0.571. The van der Waals surface area contributed by atoms with Gasteiger partial charge in [-0.15, -0.1) is 0 Å². The van der Waals surface area contributed by atoms with Gasteiger partial charge in [0, 0.05) is 18.2 Å². The standard InChI is InChI=1S/C14H21N/c1-4-5-6-12-9-15-14-11(3)7-10(2)8-13(12)14/h7-8,12,15H,4-6,9H2,1-3H3. The summed E-state index contributed by atoms with van der Waals surface area (Å²) in [5, 5.41) is 3.55. The lowest BCUT2D eigenvalue weighted by molar-refractivity contribution is 0.621. The fourth-order valence-electron chi connectivity index (χ4n) is 2.61. The van der Waals surface area contributed by atoms with Gasteiger partial charge in [-0.3, -0.25) is 0 Å². The Morgan fingerprint density at radius 2 is 2.13 bits per heavy atom. The van der Waals surface area contributed by atoms with E-state index in [9.17, 15) is 0 Å². The van der Waals surface area contributed by atoms with E-state index in [1.807, 2.05) is 0 Å². The second kappa shape index (κ2) is 4.26. The zero-order chi connectivity index (χ0) is 10.8. The maximum Gasteiger partial charge on any atom is 0.0406 e. The van der Waals surface area contributed by atoms with Crippen LogP contribution in [0.15, 0.2) is 12.1 Å². The third kappa shape index (κ3) is 2.01. The van der Waals surface area contributed by atoms with E-state index in [0.29, 0.717) is 0 Å². The van der Waals surface area contributed by atoms with Gasteiger partial charge in [-0.05, 0) is 31.4 Å². The lowest BCUT2D eigenvalue weighted by atomic mass is 9.93. The lowest BCUT2D eigenvalue weighted by Gasteiger charge is -2.10. The second-order valence-electron chi connectivity index (χ2n) is 4.77. The van der Waals surface area contributed by atoms with Crippen LogP contribution in [-0.4, -0.2) is 6.54 Å². The molecule has 1 heteroatoms. The van der Waals surface area contributed by atoms with Crippen LogP contribution >= 0.6 is 0 Å². The maximum atomic E-state index is 3.55. The summed E-state index contributed by atoms with van der Waals surface area (Å²) in [5.74, 6) is 0.749. The van der Waals surface area contributed by atoms with Gasteiger partial charge in [0.1, 0.15) is 0 Å². The third-order valence-corrected chi connectivity index (χ3v) is 3.38. The van der Waals surface area contributed by atoms with Gasteiger partial charge in [0.2, 0.25) is 0 Å². The number of hydrogen-bond acceptors (Lipinski definition) is 1. The van der Waals surface area contributed by atoms with Gasteiger partial charge >= 0.3 is 0 Å². The molecule has 0 spiro atoms.